The van der Waals surface area contributed by atoms with E-state index in [2.05, 4.69) is 69.1 Å². The maximum absolute atomic E-state index is 5.17. The zero-order chi connectivity index (χ0) is 15.8. The molecule has 4 nitrogen and oxygen atoms in total. The van der Waals surface area contributed by atoms with Crippen molar-refractivity contribution in [1.29, 1.82) is 0 Å². The summed E-state index contributed by atoms with van der Waals surface area (Å²) < 4.78 is 2.60. The van der Waals surface area contributed by atoms with Crippen molar-refractivity contribution < 1.29 is 0 Å². The van der Waals surface area contributed by atoms with Crippen LogP contribution in [0.3, 0.4) is 0 Å². The van der Waals surface area contributed by atoms with E-state index in [-0.39, 0.29) is 0 Å². The second-order valence-corrected chi connectivity index (χ2v) is 5.98. The highest BCUT2D eigenvalue weighted by Gasteiger charge is 2.14. The highest BCUT2D eigenvalue weighted by molar-refractivity contribution is 7.71. The van der Waals surface area contributed by atoms with Gasteiger partial charge in [-0.2, -0.15) is 10.1 Å². The number of nitrogens with zero attached hydrogens (tertiary/aromatic N) is 3. The Balaban J connectivity index is 2.03. The van der Waals surface area contributed by atoms with E-state index in [0.29, 0.717) is 4.77 Å². The number of rotatable bonds is 3. The molecular formula is C18H16N4S. The van der Waals surface area contributed by atoms with Crippen LogP contribution in [0, 0.1) is 4.77 Å². The lowest BCUT2D eigenvalue weighted by Gasteiger charge is -2.07. The molecule has 0 fully saturated rings. The summed E-state index contributed by atoms with van der Waals surface area (Å²) in [5.41, 5.74) is 5.36. The van der Waals surface area contributed by atoms with Crippen LogP contribution >= 0.6 is 12.2 Å². The molecule has 0 aliphatic rings. The van der Waals surface area contributed by atoms with Crippen LogP contribution < -0.4 is 0 Å². The summed E-state index contributed by atoms with van der Waals surface area (Å²) in [4.78, 5) is 4.52. The van der Waals surface area contributed by atoms with Crippen molar-refractivity contribution in [2.45, 2.75) is 19.9 Å². The number of fused-ring (bicyclic) bond motifs is 3. The molecule has 23 heavy (non-hydrogen) atoms. The van der Waals surface area contributed by atoms with Crippen molar-refractivity contribution in [3.63, 3.8) is 0 Å². The minimum absolute atomic E-state index is 0.408. The molecule has 2 aromatic carbocycles. The van der Waals surface area contributed by atoms with Gasteiger partial charge in [-0.3, -0.25) is 5.10 Å². The van der Waals surface area contributed by atoms with Crippen LogP contribution in [0.15, 0.2) is 48.5 Å². The Morgan fingerprint density at radius 2 is 1.91 bits per heavy atom. The topological polar surface area (TPSA) is 46.5 Å². The SMILES string of the molecule is CCc1ccc2c(c1)c1n[nH]c(=S)nc1n2Cc1ccccc1. The Labute approximate surface area is 138 Å². The van der Waals surface area contributed by atoms with Crippen LogP contribution in [0.4, 0.5) is 0 Å². The van der Waals surface area contributed by atoms with Gasteiger partial charge in [0.05, 0.1) is 5.52 Å². The molecule has 0 saturated heterocycles. The van der Waals surface area contributed by atoms with E-state index in [9.17, 15) is 0 Å². The molecule has 0 unspecified atom stereocenters. The Hall–Kier alpha value is -2.53. The number of benzene rings is 2. The van der Waals surface area contributed by atoms with Gasteiger partial charge in [0.2, 0.25) is 4.77 Å². The monoisotopic (exact) mass is 320 g/mol. The summed E-state index contributed by atoms with van der Waals surface area (Å²) in [5, 5.41) is 8.38. The zero-order valence-electron chi connectivity index (χ0n) is 12.8. The van der Waals surface area contributed by atoms with E-state index in [1.54, 1.807) is 0 Å². The van der Waals surface area contributed by atoms with Gasteiger partial charge in [0.25, 0.3) is 0 Å². The van der Waals surface area contributed by atoms with Gasteiger partial charge in [0.1, 0.15) is 5.52 Å². The number of hydrogen-bond acceptors (Lipinski definition) is 3. The van der Waals surface area contributed by atoms with E-state index < -0.39 is 0 Å². The second-order valence-electron chi connectivity index (χ2n) is 5.59. The molecule has 0 saturated carbocycles. The first-order chi connectivity index (χ1) is 11.3. The molecule has 0 amide bonds. The predicted molar refractivity (Wildman–Crippen MR) is 95.1 cm³/mol. The fourth-order valence-electron chi connectivity index (χ4n) is 2.97. The maximum Gasteiger partial charge on any atom is 0.215 e. The number of aryl methyl sites for hydroxylation is 1. The lowest BCUT2D eigenvalue weighted by molar-refractivity contribution is 0.845. The number of aromatic nitrogens is 4. The molecule has 4 rings (SSSR count). The van der Waals surface area contributed by atoms with E-state index in [4.69, 9.17) is 12.2 Å². The van der Waals surface area contributed by atoms with Crippen molar-refractivity contribution in [3.8, 4) is 0 Å². The third-order valence-corrected chi connectivity index (χ3v) is 4.32. The molecule has 4 aromatic rings. The number of hydrogen-bond donors (Lipinski definition) is 1. The van der Waals surface area contributed by atoms with Crippen molar-refractivity contribution in [1.82, 2.24) is 19.7 Å². The fourth-order valence-corrected chi connectivity index (χ4v) is 3.10. The molecule has 0 aliphatic carbocycles. The van der Waals surface area contributed by atoms with Crippen molar-refractivity contribution >= 4 is 34.3 Å². The molecule has 0 radical (unpaired) electrons. The largest absolute Gasteiger partial charge is 0.319 e. The van der Waals surface area contributed by atoms with Crippen LogP contribution in [0.5, 0.6) is 0 Å². The summed E-state index contributed by atoms with van der Waals surface area (Å²) in [6.45, 7) is 2.91. The van der Waals surface area contributed by atoms with Gasteiger partial charge in [-0.05, 0) is 41.9 Å². The number of nitrogens with one attached hydrogen (secondary N) is 1. The quantitative estimate of drug-likeness (QED) is 0.574. The van der Waals surface area contributed by atoms with E-state index >= 15 is 0 Å². The maximum atomic E-state index is 5.17. The van der Waals surface area contributed by atoms with Crippen molar-refractivity contribution in [2.75, 3.05) is 0 Å². The molecule has 0 atom stereocenters. The van der Waals surface area contributed by atoms with Gasteiger partial charge >= 0.3 is 0 Å². The standard InChI is InChI=1S/C18H16N4S/c1-2-12-8-9-15-14(10-12)16-17(19-18(23)21-20-16)22(15)11-13-6-4-3-5-7-13/h3-10H,2,11H2,1H3,(H,19,21,23). The van der Waals surface area contributed by atoms with E-state index in [1.165, 1.54) is 11.1 Å². The number of H-pyrrole nitrogens is 1. The highest BCUT2D eigenvalue weighted by atomic mass is 32.1. The molecule has 0 spiro atoms. The zero-order valence-corrected chi connectivity index (χ0v) is 13.6. The first-order valence-electron chi connectivity index (χ1n) is 7.67. The van der Waals surface area contributed by atoms with Crippen molar-refractivity contribution in [2.24, 2.45) is 0 Å². The Kier molecular flexibility index (Phi) is 3.42. The third-order valence-electron chi connectivity index (χ3n) is 4.14. The van der Waals surface area contributed by atoms with Gasteiger partial charge in [-0.15, -0.1) is 0 Å². The summed E-state index contributed by atoms with van der Waals surface area (Å²) >= 11 is 5.17. The summed E-state index contributed by atoms with van der Waals surface area (Å²) in [6, 6.07) is 16.9. The lowest BCUT2D eigenvalue weighted by atomic mass is 10.1. The fraction of sp³-hybridized carbons (Fsp3) is 0.167. The highest BCUT2D eigenvalue weighted by Crippen LogP contribution is 2.27. The molecule has 5 heteroatoms. The molecule has 2 heterocycles. The van der Waals surface area contributed by atoms with Crippen molar-refractivity contribution in [3.05, 3.63) is 64.4 Å². The summed E-state index contributed by atoms with van der Waals surface area (Å²) in [6.07, 6.45) is 0.998. The first kappa shape index (κ1) is 14.1. The first-order valence-corrected chi connectivity index (χ1v) is 8.08. The van der Waals surface area contributed by atoms with Gasteiger partial charge in [-0.1, -0.05) is 43.3 Å². The van der Waals surface area contributed by atoms with Crippen LogP contribution in [0.2, 0.25) is 0 Å². The van der Waals surface area contributed by atoms with Gasteiger partial charge in [0, 0.05) is 11.9 Å². The average molecular weight is 320 g/mol. The van der Waals surface area contributed by atoms with Gasteiger partial charge in [-0.25, -0.2) is 0 Å². The molecule has 2 aromatic heterocycles. The molecule has 0 aliphatic heterocycles. The Morgan fingerprint density at radius 1 is 1.09 bits per heavy atom. The summed E-state index contributed by atoms with van der Waals surface area (Å²) in [7, 11) is 0. The average Bonchev–Trinajstić information content (AvgIpc) is 2.88. The third kappa shape index (κ3) is 2.43. The minimum Gasteiger partial charge on any atom is -0.319 e. The van der Waals surface area contributed by atoms with E-state index in [0.717, 1.165) is 35.0 Å². The van der Waals surface area contributed by atoms with E-state index in [1.807, 2.05) is 6.07 Å². The molecule has 0 bridgehead atoms. The molecular weight excluding hydrogens is 304 g/mol. The lowest BCUT2D eigenvalue weighted by Crippen LogP contribution is -2.01. The smallest absolute Gasteiger partial charge is 0.215 e. The van der Waals surface area contributed by atoms with Crippen LogP contribution in [-0.2, 0) is 13.0 Å². The Bertz CT molecular complexity index is 1050. The molecule has 114 valence electrons. The predicted octanol–water partition coefficient (Wildman–Crippen LogP) is 4.25. The summed E-state index contributed by atoms with van der Waals surface area (Å²) in [5.74, 6) is 0. The second kappa shape index (κ2) is 5.59. The van der Waals surface area contributed by atoms with Crippen LogP contribution in [0.25, 0.3) is 22.1 Å². The van der Waals surface area contributed by atoms with Gasteiger partial charge < -0.3 is 4.57 Å². The van der Waals surface area contributed by atoms with Crippen LogP contribution in [-0.4, -0.2) is 19.7 Å². The molecule has 1 N–H and O–H groups in total. The van der Waals surface area contributed by atoms with Crippen LogP contribution in [0.1, 0.15) is 18.1 Å². The van der Waals surface area contributed by atoms with Gasteiger partial charge in [0.15, 0.2) is 5.65 Å². The Morgan fingerprint density at radius 3 is 2.70 bits per heavy atom. The minimum atomic E-state index is 0.408. The normalized spacial score (nSPS) is 11.3. The number of aromatic amines is 1.